The molecule has 0 spiro atoms. The topological polar surface area (TPSA) is 82.3 Å². The van der Waals surface area contributed by atoms with E-state index >= 15 is 0 Å². The number of hydrogen-bond acceptors (Lipinski definition) is 4. The van der Waals surface area contributed by atoms with Gasteiger partial charge in [0.1, 0.15) is 23.3 Å². The van der Waals surface area contributed by atoms with Gasteiger partial charge >= 0.3 is 0 Å². The third kappa shape index (κ3) is 2.95. The molecule has 2 aromatic rings. The molecule has 5 heteroatoms. The standard InChI is InChI=1S/C16H14N2O3/c1-10-6-7-12(13(19)8-10)16(20)18-15-11(9-17)4-3-5-14(15)21-2/h3-8,19H,1-2H3,(H,18,20). The highest BCUT2D eigenvalue weighted by Crippen LogP contribution is 2.29. The minimum Gasteiger partial charge on any atom is -0.507 e. The van der Waals surface area contributed by atoms with Crippen LogP contribution < -0.4 is 10.1 Å². The number of para-hydroxylation sites is 1. The van der Waals surface area contributed by atoms with Gasteiger partial charge in [-0.2, -0.15) is 5.26 Å². The van der Waals surface area contributed by atoms with Crippen LogP contribution in [0.1, 0.15) is 21.5 Å². The van der Waals surface area contributed by atoms with E-state index in [0.29, 0.717) is 5.75 Å². The van der Waals surface area contributed by atoms with Gasteiger partial charge in [-0.1, -0.05) is 12.1 Å². The molecule has 0 radical (unpaired) electrons. The fourth-order valence-corrected chi connectivity index (χ4v) is 1.94. The van der Waals surface area contributed by atoms with Gasteiger partial charge in [0, 0.05) is 0 Å². The number of rotatable bonds is 3. The Hall–Kier alpha value is -3.00. The van der Waals surface area contributed by atoms with Crippen molar-refractivity contribution in [3.05, 3.63) is 53.1 Å². The molecule has 21 heavy (non-hydrogen) atoms. The summed E-state index contributed by atoms with van der Waals surface area (Å²) < 4.78 is 5.15. The summed E-state index contributed by atoms with van der Waals surface area (Å²) in [5, 5.41) is 21.6. The summed E-state index contributed by atoms with van der Waals surface area (Å²) >= 11 is 0. The lowest BCUT2D eigenvalue weighted by Gasteiger charge is -2.12. The number of aryl methyl sites for hydroxylation is 1. The molecule has 0 aliphatic carbocycles. The maximum Gasteiger partial charge on any atom is 0.259 e. The van der Waals surface area contributed by atoms with E-state index in [1.165, 1.54) is 19.2 Å². The van der Waals surface area contributed by atoms with Crippen LogP contribution in [0, 0.1) is 18.3 Å². The first kappa shape index (κ1) is 14.4. The molecule has 2 aromatic carbocycles. The van der Waals surface area contributed by atoms with Crippen molar-refractivity contribution in [2.45, 2.75) is 6.92 Å². The van der Waals surface area contributed by atoms with Crippen LogP contribution in [0.2, 0.25) is 0 Å². The van der Waals surface area contributed by atoms with Gasteiger partial charge in [0.25, 0.3) is 5.91 Å². The Kier molecular flexibility index (Phi) is 4.10. The number of carbonyl (C=O) groups excluding carboxylic acids is 1. The van der Waals surface area contributed by atoms with Crippen LogP contribution >= 0.6 is 0 Å². The smallest absolute Gasteiger partial charge is 0.259 e. The summed E-state index contributed by atoms with van der Waals surface area (Å²) in [7, 11) is 1.45. The molecule has 2 rings (SSSR count). The summed E-state index contributed by atoms with van der Waals surface area (Å²) in [6, 6.07) is 11.6. The number of aromatic hydroxyl groups is 1. The molecule has 0 bridgehead atoms. The van der Waals surface area contributed by atoms with Gasteiger partial charge < -0.3 is 15.2 Å². The molecule has 0 aliphatic heterocycles. The van der Waals surface area contributed by atoms with Gasteiger partial charge in [-0.15, -0.1) is 0 Å². The van der Waals surface area contributed by atoms with E-state index in [9.17, 15) is 9.90 Å². The summed E-state index contributed by atoms with van der Waals surface area (Å²) in [4.78, 5) is 12.2. The Labute approximate surface area is 122 Å². The SMILES string of the molecule is COc1cccc(C#N)c1NC(=O)c1ccc(C)cc1O. The first-order valence-corrected chi connectivity index (χ1v) is 6.25. The van der Waals surface area contributed by atoms with Crippen molar-refractivity contribution in [1.29, 1.82) is 5.26 Å². The maximum atomic E-state index is 12.2. The number of methoxy groups -OCH3 is 1. The number of nitrogens with zero attached hydrogens (tertiary/aromatic N) is 1. The summed E-state index contributed by atoms with van der Waals surface area (Å²) in [6.07, 6.45) is 0. The second-order valence-corrected chi connectivity index (χ2v) is 4.47. The third-order valence-electron chi connectivity index (χ3n) is 3.00. The number of phenols is 1. The molecule has 2 N–H and O–H groups in total. The number of nitrogens with one attached hydrogen (secondary N) is 1. The predicted octanol–water partition coefficient (Wildman–Crippen LogP) is 2.83. The molecule has 5 nitrogen and oxygen atoms in total. The molecule has 1 amide bonds. The first-order chi connectivity index (χ1) is 10.1. The van der Waals surface area contributed by atoms with Crippen molar-refractivity contribution >= 4 is 11.6 Å². The molecule has 0 saturated carbocycles. The van der Waals surface area contributed by atoms with Crippen LogP contribution in [-0.2, 0) is 0 Å². The highest BCUT2D eigenvalue weighted by Gasteiger charge is 2.16. The number of phenolic OH excluding ortho intramolecular Hbond substituents is 1. The fraction of sp³-hybridized carbons (Fsp3) is 0.125. The number of hydrogen-bond donors (Lipinski definition) is 2. The first-order valence-electron chi connectivity index (χ1n) is 6.25. The lowest BCUT2D eigenvalue weighted by Crippen LogP contribution is -2.14. The number of carbonyl (C=O) groups is 1. The predicted molar refractivity (Wildman–Crippen MR) is 78.5 cm³/mol. The quantitative estimate of drug-likeness (QED) is 0.906. The molecular formula is C16H14N2O3. The molecule has 0 heterocycles. The van der Waals surface area contributed by atoms with E-state index in [0.717, 1.165) is 5.56 Å². The molecule has 0 aliphatic rings. The second kappa shape index (κ2) is 5.97. The molecule has 0 atom stereocenters. The zero-order chi connectivity index (χ0) is 15.4. The Bertz CT molecular complexity index is 733. The van der Waals surface area contributed by atoms with Gasteiger partial charge in [-0.25, -0.2) is 0 Å². The van der Waals surface area contributed by atoms with Crippen molar-refractivity contribution in [2.24, 2.45) is 0 Å². The Morgan fingerprint density at radius 1 is 1.33 bits per heavy atom. The zero-order valence-corrected chi connectivity index (χ0v) is 11.7. The maximum absolute atomic E-state index is 12.2. The molecule has 0 saturated heterocycles. The Balaban J connectivity index is 2.38. The lowest BCUT2D eigenvalue weighted by molar-refractivity contribution is 0.102. The van der Waals surface area contributed by atoms with Crippen LogP contribution in [0.3, 0.4) is 0 Å². The van der Waals surface area contributed by atoms with Crippen molar-refractivity contribution in [1.82, 2.24) is 0 Å². The van der Waals surface area contributed by atoms with Gasteiger partial charge in [0.2, 0.25) is 0 Å². The van der Waals surface area contributed by atoms with E-state index in [1.54, 1.807) is 24.3 Å². The van der Waals surface area contributed by atoms with Crippen molar-refractivity contribution in [3.63, 3.8) is 0 Å². The molecule has 106 valence electrons. The largest absolute Gasteiger partial charge is 0.507 e. The second-order valence-electron chi connectivity index (χ2n) is 4.47. The minimum absolute atomic E-state index is 0.110. The lowest BCUT2D eigenvalue weighted by atomic mass is 10.1. The number of nitriles is 1. The third-order valence-corrected chi connectivity index (χ3v) is 3.00. The fourth-order valence-electron chi connectivity index (χ4n) is 1.94. The van der Waals surface area contributed by atoms with Crippen molar-refractivity contribution in [3.8, 4) is 17.6 Å². The zero-order valence-electron chi connectivity index (χ0n) is 11.7. The van der Waals surface area contributed by atoms with E-state index in [1.807, 2.05) is 13.0 Å². The van der Waals surface area contributed by atoms with Gasteiger partial charge in [0.05, 0.1) is 18.2 Å². The van der Waals surface area contributed by atoms with E-state index in [2.05, 4.69) is 5.32 Å². The Morgan fingerprint density at radius 3 is 2.71 bits per heavy atom. The summed E-state index contributed by atoms with van der Waals surface area (Å²) in [5.41, 5.74) is 1.55. The summed E-state index contributed by atoms with van der Waals surface area (Å²) in [6.45, 7) is 1.81. The average molecular weight is 282 g/mol. The highest BCUT2D eigenvalue weighted by atomic mass is 16.5. The molecular weight excluding hydrogens is 268 g/mol. The number of anilines is 1. The van der Waals surface area contributed by atoms with Crippen LogP contribution in [0.15, 0.2) is 36.4 Å². The van der Waals surface area contributed by atoms with Crippen LogP contribution in [0.4, 0.5) is 5.69 Å². The molecule has 0 unspecified atom stereocenters. The van der Waals surface area contributed by atoms with Gasteiger partial charge in [-0.3, -0.25) is 4.79 Å². The van der Waals surface area contributed by atoms with Gasteiger partial charge in [0.15, 0.2) is 0 Å². The minimum atomic E-state index is -0.506. The van der Waals surface area contributed by atoms with Crippen LogP contribution in [0.25, 0.3) is 0 Å². The van der Waals surface area contributed by atoms with E-state index < -0.39 is 5.91 Å². The van der Waals surface area contributed by atoms with Crippen molar-refractivity contribution < 1.29 is 14.6 Å². The van der Waals surface area contributed by atoms with Gasteiger partial charge in [-0.05, 0) is 36.8 Å². The molecule has 0 aromatic heterocycles. The number of amides is 1. The molecule has 0 fully saturated rings. The van der Waals surface area contributed by atoms with E-state index in [4.69, 9.17) is 10.00 Å². The monoisotopic (exact) mass is 282 g/mol. The highest BCUT2D eigenvalue weighted by molar-refractivity contribution is 6.07. The summed E-state index contributed by atoms with van der Waals surface area (Å²) in [5.74, 6) is -0.233. The average Bonchev–Trinajstić information content (AvgIpc) is 2.47. The number of benzene rings is 2. The normalized spacial score (nSPS) is 9.76. The van der Waals surface area contributed by atoms with Crippen LogP contribution in [0.5, 0.6) is 11.5 Å². The number of ether oxygens (including phenoxy) is 1. The van der Waals surface area contributed by atoms with E-state index in [-0.39, 0.29) is 22.6 Å². The Morgan fingerprint density at radius 2 is 2.10 bits per heavy atom. The van der Waals surface area contributed by atoms with Crippen LogP contribution in [-0.4, -0.2) is 18.1 Å². The van der Waals surface area contributed by atoms with Crippen molar-refractivity contribution in [2.75, 3.05) is 12.4 Å².